The van der Waals surface area contributed by atoms with Crippen LogP contribution in [0.4, 0.5) is 0 Å². The molecule has 0 fully saturated rings. The first-order valence-electron chi connectivity index (χ1n) is 20.7. The molecule has 0 bridgehead atoms. The highest BCUT2D eigenvalue weighted by molar-refractivity contribution is 7.26. The lowest BCUT2D eigenvalue weighted by molar-refractivity contribution is 1.02. The van der Waals surface area contributed by atoms with E-state index >= 15 is 0 Å². The Morgan fingerprint density at radius 1 is 0.344 bits per heavy atom. The van der Waals surface area contributed by atoms with Crippen molar-refractivity contribution >= 4 is 118 Å². The number of thiophene rings is 1. The molecule has 0 saturated heterocycles. The summed E-state index contributed by atoms with van der Waals surface area (Å²) >= 11 is 1.86. The van der Waals surface area contributed by atoms with Gasteiger partial charge in [0.1, 0.15) is 0 Å². The Hall–Kier alpha value is -7.86. The molecular formula is C56H32N4S. The van der Waals surface area contributed by atoms with E-state index in [-0.39, 0.29) is 0 Å². The van der Waals surface area contributed by atoms with E-state index in [0.717, 1.165) is 55.2 Å². The van der Waals surface area contributed by atoms with Crippen LogP contribution in [0.5, 0.6) is 0 Å². The Labute approximate surface area is 352 Å². The van der Waals surface area contributed by atoms with Crippen LogP contribution >= 0.6 is 11.3 Å². The van der Waals surface area contributed by atoms with Gasteiger partial charge in [0.05, 0.1) is 33.3 Å². The summed E-state index contributed by atoms with van der Waals surface area (Å²) in [7, 11) is 0. The maximum absolute atomic E-state index is 5.75. The topological polar surface area (TPSA) is 35.6 Å². The first kappa shape index (κ1) is 33.0. The van der Waals surface area contributed by atoms with Crippen molar-refractivity contribution in [2.24, 2.45) is 0 Å². The minimum absolute atomic E-state index is 0.655. The van der Waals surface area contributed by atoms with Gasteiger partial charge in [-0.2, -0.15) is 0 Å². The molecule has 0 atom stereocenters. The minimum atomic E-state index is 0.655. The highest BCUT2D eigenvalue weighted by Crippen LogP contribution is 2.44. The molecule has 0 radical (unpaired) electrons. The van der Waals surface area contributed by atoms with Crippen molar-refractivity contribution in [2.75, 3.05) is 0 Å². The van der Waals surface area contributed by atoms with Crippen molar-refractivity contribution in [3.63, 3.8) is 0 Å². The van der Waals surface area contributed by atoms with Crippen molar-refractivity contribution in [1.82, 2.24) is 19.1 Å². The molecule has 0 aliphatic heterocycles. The summed E-state index contributed by atoms with van der Waals surface area (Å²) in [4.78, 5) is 11.4. The fourth-order valence-electron chi connectivity index (χ4n) is 10.3. The van der Waals surface area contributed by atoms with Crippen LogP contribution in [0.25, 0.3) is 130 Å². The van der Waals surface area contributed by atoms with Gasteiger partial charge in [0, 0.05) is 63.7 Å². The number of aromatic nitrogens is 4. The lowest BCUT2D eigenvalue weighted by Crippen LogP contribution is -2.04. The molecular weight excluding hydrogens is 761 g/mol. The molecule has 14 rings (SSSR count). The van der Waals surface area contributed by atoms with Gasteiger partial charge in [-0.1, -0.05) is 133 Å². The number of benzene rings is 10. The van der Waals surface area contributed by atoms with Crippen molar-refractivity contribution in [3.05, 3.63) is 194 Å². The fourth-order valence-corrected chi connectivity index (χ4v) is 11.4. The highest BCUT2D eigenvalue weighted by atomic mass is 32.1. The van der Waals surface area contributed by atoms with Crippen LogP contribution in [0.1, 0.15) is 0 Å². The first-order valence-corrected chi connectivity index (χ1v) is 21.6. The molecule has 10 aromatic carbocycles. The molecule has 4 aromatic heterocycles. The number of fused-ring (bicyclic) bond motifs is 17. The zero-order valence-electron chi connectivity index (χ0n) is 32.7. The van der Waals surface area contributed by atoms with Crippen LogP contribution in [0.3, 0.4) is 0 Å². The predicted octanol–water partition coefficient (Wildman–Crippen LogP) is 15.3. The van der Waals surface area contributed by atoms with Gasteiger partial charge >= 0.3 is 0 Å². The van der Waals surface area contributed by atoms with E-state index in [9.17, 15) is 0 Å². The highest BCUT2D eigenvalue weighted by Gasteiger charge is 2.23. The Kier molecular flexibility index (Phi) is 6.68. The van der Waals surface area contributed by atoms with Gasteiger partial charge in [0.15, 0.2) is 0 Å². The quantitative estimate of drug-likeness (QED) is 0.167. The molecule has 4 heterocycles. The van der Waals surface area contributed by atoms with E-state index in [4.69, 9.17) is 9.97 Å². The van der Waals surface area contributed by atoms with E-state index in [1.807, 2.05) is 11.3 Å². The Bertz CT molecular complexity index is 4170. The summed E-state index contributed by atoms with van der Waals surface area (Å²) < 4.78 is 7.28. The van der Waals surface area contributed by atoms with Crippen LogP contribution in [-0.4, -0.2) is 19.1 Å². The first-order chi connectivity index (χ1) is 30.3. The second-order valence-electron chi connectivity index (χ2n) is 16.1. The van der Waals surface area contributed by atoms with Gasteiger partial charge in [-0.15, -0.1) is 11.3 Å². The lowest BCUT2D eigenvalue weighted by atomic mass is 9.94. The molecule has 0 unspecified atom stereocenters. The third kappa shape index (κ3) is 4.58. The molecule has 0 saturated carbocycles. The third-order valence-corrected chi connectivity index (χ3v) is 14.0. The van der Waals surface area contributed by atoms with Crippen molar-refractivity contribution in [3.8, 4) is 22.9 Å². The molecule has 61 heavy (non-hydrogen) atoms. The van der Waals surface area contributed by atoms with Gasteiger partial charge in [-0.3, -0.25) is 4.57 Å². The van der Waals surface area contributed by atoms with Crippen LogP contribution in [-0.2, 0) is 0 Å². The van der Waals surface area contributed by atoms with E-state index in [1.54, 1.807) is 0 Å². The summed E-state index contributed by atoms with van der Waals surface area (Å²) in [6.45, 7) is 0. The number of hydrogen-bond acceptors (Lipinski definition) is 3. The smallest absolute Gasteiger partial charge is 0.235 e. The van der Waals surface area contributed by atoms with E-state index in [1.165, 1.54) is 68.8 Å². The molecule has 0 aliphatic rings. The molecule has 0 amide bonds. The zero-order chi connectivity index (χ0) is 39.8. The molecule has 4 nitrogen and oxygen atoms in total. The van der Waals surface area contributed by atoms with Crippen LogP contribution in [0, 0.1) is 0 Å². The monoisotopic (exact) mass is 792 g/mol. The van der Waals surface area contributed by atoms with Gasteiger partial charge in [-0.25, -0.2) is 9.97 Å². The molecule has 0 spiro atoms. The lowest BCUT2D eigenvalue weighted by Gasteiger charge is -2.16. The van der Waals surface area contributed by atoms with Gasteiger partial charge in [0.2, 0.25) is 5.95 Å². The van der Waals surface area contributed by atoms with E-state index < -0.39 is 0 Å². The maximum atomic E-state index is 5.75. The SMILES string of the molecule is c1ccc(-n2c3ccccc3c3cc(-c4nc(-n5c6ccccc6c6cc7ccc8sc9ccccc9c8c7cc65)nc5c6ccccc6c6ccccc6c45)ccc32)cc1. The summed E-state index contributed by atoms with van der Waals surface area (Å²) in [5.41, 5.74) is 8.55. The molecule has 0 N–H and O–H groups in total. The van der Waals surface area contributed by atoms with Crippen molar-refractivity contribution in [2.45, 2.75) is 0 Å². The van der Waals surface area contributed by atoms with Gasteiger partial charge in [-0.05, 0) is 87.6 Å². The van der Waals surface area contributed by atoms with Crippen LogP contribution in [0.15, 0.2) is 194 Å². The molecule has 14 aromatic rings. The number of para-hydroxylation sites is 3. The largest absolute Gasteiger partial charge is 0.309 e. The van der Waals surface area contributed by atoms with Crippen molar-refractivity contribution < 1.29 is 0 Å². The number of rotatable bonds is 3. The van der Waals surface area contributed by atoms with Crippen LogP contribution < -0.4 is 0 Å². The number of hydrogen-bond donors (Lipinski definition) is 0. The summed E-state index contributed by atoms with van der Waals surface area (Å²) in [6.07, 6.45) is 0. The standard InChI is InChI=1S/C56H32N4S/c1-2-14-35(15-3-1)59-46-23-11-8-18-38(46)44-31-34(26-28-48(44)59)54-53-40-20-6-4-16-36(40)37-17-5-7-21-41(37)55(53)58-56(57-54)60-47-24-12-9-19-39(47)45-30-33-27-29-51-52(43(33)32-49(45)60)42-22-10-13-25-50(42)61-51/h1-32H. The van der Waals surface area contributed by atoms with Gasteiger partial charge < -0.3 is 4.57 Å². The summed E-state index contributed by atoms with van der Waals surface area (Å²) in [5, 5.41) is 15.5. The second kappa shape index (κ2) is 12.3. The normalized spacial score (nSPS) is 12.3. The summed E-state index contributed by atoms with van der Waals surface area (Å²) in [5.74, 6) is 0.655. The number of nitrogens with zero attached hydrogens (tertiary/aromatic N) is 4. The van der Waals surface area contributed by atoms with Gasteiger partial charge in [0.25, 0.3) is 0 Å². The average molecular weight is 793 g/mol. The molecule has 282 valence electrons. The third-order valence-electron chi connectivity index (χ3n) is 12.9. The fraction of sp³-hybridized carbons (Fsp3) is 0. The second-order valence-corrected chi connectivity index (χ2v) is 17.2. The molecule has 5 heteroatoms. The Balaban J connectivity index is 1.14. The zero-order valence-corrected chi connectivity index (χ0v) is 33.5. The van der Waals surface area contributed by atoms with E-state index in [0.29, 0.717) is 5.95 Å². The molecule has 0 aliphatic carbocycles. The predicted molar refractivity (Wildman–Crippen MR) is 259 cm³/mol. The van der Waals surface area contributed by atoms with Crippen molar-refractivity contribution in [1.29, 1.82) is 0 Å². The summed E-state index contributed by atoms with van der Waals surface area (Å²) in [6, 6.07) is 70.6. The average Bonchev–Trinajstić information content (AvgIpc) is 3.98. The maximum Gasteiger partial charge on any atom is 0.235 e. The Morgan fingerprint density at radius 3 is 1.74 bits per heavy atom. The minimum Gasteiger partial charge on any atom is -0.309 e. The van der Waals surface area contributed by atoms with Crippen LogP contribution in [0.2, 0.25) is 0 Å². The Morgan fingerprint density at radius 2 is 0.951 bits per heavy atom. The van der Waals surface area contributed by atoms with E-state index in [2.05, 4.69) is 203 Å².